The summed E-state index contributed by atoms with van der Waals surface area (Å²) in [5.41, 5.74) is 7.25. The zero-order valence-corrected chi connectivity index (χ0v) is 7.91. The topological polar surface area (TPSA) is 67.1 Å². The number of rotatable bonds is 3. The standard InChI is InChI=1S/C9H14N4/c1-4-11-7(6(2)3)8-9(10)13-5-12-8/h4-6H,1,10H2,2-3H3,(H,12,13)/b11-7-. The van der Waals surface area contributed by atoms with Gasteiger partial charge in [-0.25, -0.2) is 4.98 Å². The van der Waals surface area contributed by atoms with E-state index < -0.39 is 0 Å². The van der Waals surface area contributed by atoms with Crippen LogP contribution in [0.2, 0.25) is 0 Å². The minimum atomic E-state index is 0.281. The van der Waals surface area contributed by atoms with Crippen molar-refractivity contribution in [1.82, 2.24) is 9.97 Å². The number of nitrogens with two attached hydrogens (primary N) is 1. The van der Waals surface area contributed by atoms with Crippen LogP contribution in [0.4, 0.5) is 5.82 Å². The van der Waals surface area contributed by atoms with Gasteiger partial charge in [0.25, 0.3) is 0 Å². The smallest absolute Gasteiger partial charge is 0.130 e. The van der Waals surface area contributed by atoms with Crippen LogP contribution in [0.25, 0.3) is 0 Å². The summed E-state index contributed by atoms with van der Waals surface area (Å²) in [4.78, 5) is 11.1. The van der Waals surface area contributed by atoms with Gasteiger partial charge in [0.2, 0.25) is 0 Å². The van der Waals surface area contributed by atoms with Crippen molar-refractivity contribution in [2.45, 2.75) is 13.8 Å². The number of H-pyrrole nitrogens is 1. The van der Waals surface area contributed by atoms with Crippen LogP contribution in [0.3, 0.4) is 0 Å². The van der Waals surface area contributed by atoms with Crippen LogP contribution in [0, 0.1) is 5.92 Å². The Hall–Kier alpha value is -1.58. The molecule has 0 aliphatic carbocycles. The Bertz CT molecular complexity index is 322. The van der Waals surface area contributed by atoms with E-state index in [1.54, 1.807) is 6.33 Å². The number of hydrogen-bond donors (Lipinski definition) is 2. The van der Waals surface area contributed by atoms with Crippen LogP contribution < -0.4 is 5.73 Å². The molecule has 1 heterocycles. The second kappa shape index (κ2) is 3.89. The van der Waals surface area contributed by atoms with Crippen LogP contribution >= 0.6 is 0 Å². The average molecular weight is 178 g/mol. The monoisotopic (exact) mass is 178 g/mol. The average Bonchev–Trinajstić information content (AvgIpc) is 2.47. The first-order valence-electron chi connectivity index (χ1n) is 4.14. The minimum absolute atomic E-state index is 0.281. The summed E-state index contributed by atoms with van der Waals surface area (Å²) in [7, 11) is 0. The Kier molecular flexibility index (Phi) is 2.84. The lowest BCUT2D eigenvalue weighted by molar-refractivity contribution is 0.881. The molecule has 1 rings (SSSR count). The van der Waals surface area contributed by atoms with Gasteiger partial charge in [-0.2, -0.15) is 0 Å². The molecule has 0 atom stereocenters. The molecule has 0 aliphatic rings. The van der Waals surface area contributed by atoms with Gasteiger partial charge in [-0.1, -0.05) is 20.4 Å². The molecule has 4 nitrogen and oxygen atoms in total. The third-order valence-electron chi connectivity index (χ3n) is 1.69. The molecular formula is C9H14N4. The van der Waals surface area contributed by atoms with Gasteiger partial charge in [0.1, 0.15) is 11.5 Å². The summed E-state index contributed by atoms with van der Waals surface area (Å²) in [6.45, 7) is 7.63. The highest BCUT2D eigenvalue weighted by Gasteiger charge is 2.13. The third-order valence-corrected chi connectivity index (χ3v) is 1.69. The lowest BCUT2D eigenvalue weighted by atomic mass is 10.1. The molecule has 4 heteroatoms. The number of aromatic amines is 1. The van der Waals surface area contributed by atoms with E-state index >= 15 is 0 Å². The molecule has 1 aromatic heterocycles. The predicted octanol–water partition coefficient (Wildman–Crippen LogP) is 1.58. The third kappa shape index (κ3) is 1.96. The molecule has 1 aromatic rings. The van der Waals surface area contributed by atoms with Crippen molar-refractivity contribution in [3.8, 4) is 0 Å². The number of imidazole rings is 1. The van der Waals surface area contributed by atoms with Crippen molar-refractivity contribution in [1.29, 1.82) is 0 Å². The Morgan fingerprint density at radius 1 is 1.77 bits per heavy atom. The van der Waals surface area contributed by atoms with E-state index in [1.165, 1.54) is 6.20 Å². The van der Waals surface area contributed by atoms with Gasteiger partial charge in [-0.3, -0.25) is 4.99 Å². The zero-order chi connectivity index (χ0) is 9.84. The predicted molar refractivity (Wildman–Crippen MR) is 54.6 cm³/mol. The van der Waals surface area contributed by atoms with Crippen LogP contribution in [0.5, 0.6) is 0 Å². The molecule has 3 N–H and O–H groups in total. The lowest BCUT2D eigenvalue weighted by Gasteiger charge is -2.06. The number of hydrogen-bond acceptors (Lipinski definition) is 3. The van der Waals surface area contributed by atoms with E-state index in [9.17, 15) is 0 Å². The van der Waals surface area contributed by atoms with Crippen molar-refractivity contribution in [3.05, 3.63) is 24.8 Å². The number of nitrogens with zero attached hydrogens (tertiary/aromatic N) is 2. The fraction of sp³-hybridized carbons (Fsp3) is 0.333. The Labute approximate surface area is 77.6 Å². The van der Waals surface area contributed by atoms with Gasteiger partial charge >= 0.3 is 0 Å². The number of aliphatic imine (C=N–C) groups is 1. The molecule has 0 aromatic carbocycles. The molecule has 0 saturated heterocycles. The first kappa shape index (κ1) is 9.51. The number of aromatic nitrogens is 2. The summed E-state index contributed by atoms with van der Waals surface area (Å²) >= 11 is 0. The summed E-state index contributed by atoms with van der Waals surface area (Å²) in [5.74, 6) is 0.831. The highest BCUT2D eigenvalue weighted by Crippen LogP contribution is 2.12. The Morgan fingerprint density at radius 3 is 2.85 bits per heavy atom. The van der Waals surface area contributed by atoms with E-state index in [0.29, 0.717) is 5.82 Å². The summed E-state index contributed by atoms with van der Waals surface area (Å²) < 4.78 is 0. The number of anilines is 1. The van der Waals surface area contributed by atoms with Crippen molar-refractivity contribution < 1.29 is 0 Å². The normalized spacial score (nSPS) is 12.1. The molecule has 0 saturated carbocycles. The quantitative estimate of drug-likeness (QED) is 0.690. The van der Waals surface area contributed by atoms with Crippen molar-refractivity contribution in [3.63, 3.8) is 0 Å². The second-order valence-electron chi connectivity index (χ2n) is 3.02. The van der Waals surface area contributed by atoms with Gasteiger partial charge in [0.05, 0.1) is 12.0 Å². The molecule has 0 spiro atoms. The molecule has 0 radical (unpaired) electrons. The second-order valence-corrected chi connectivity index (χ2v) is 3.02. The van der Waals surface area contributed by atoms with Gasteiger partial charge in [0, 0.05) is 6.20 Å². The number of nitrogen functional groups attached to an aromatic ring is 1. The molecule has 70 valence electrons. The van der Waals surface area contributed by atoms with Gasteiger partial charge < -0.3 is 10.7 Å². The SMILES string of the molecule is C=C/N=C(\c1nc[nH]c1N)C(C)C. The maximum absolute atomic E-state index is 5.68. The van der Waals surface area contributed by atoms with Crippen LogP contribution in [-0.4, -0.2) is 15.7 Å². The van der Waals surface area contributed by atoms with E-state index in [-0.39, 0.29) is 5.92 Å². The zero-order valence-electron chi connectivity index (χ0n) is 7.91. The fourth-order valence-corrected chi connectivity index (χ4v) is 1.09. The maximum Gasteiger partial charge on any atom is 0.130 e. The van der Waals surface area contributed by atoms with Crippen molar-refractivity contribution in [2.24, 2.45) is 10.9 Å². The lowest BCUT2D eigenvalue weighted by Crippen LogP contribution is -2.11. The van der Waals surface area contributed by atoms with Crippen molar-refractivity contribution in [2.75, 3.05) is 5.73 Å². The van der Waals surface area contributed by atoms with Gasteiger partial charge in [-0.05, 0) is 5.92 Å². The van der Waals surface area contributed by atoms with Gasteiger partial charge in [0.15, 0.2) is 0 Å². The molecule has 0 bridgehead atoms. The minimum Gasteiger partial charge on any atom is -0.383 e. The Balaban J connectivity index is 3.09. The molecule has 13 heavy (non-hydrogen) atoms. The van der Waals surface area contributed by atoms with Gasteiger partial charge in [-0.15, -0.1) is 0 Å². The molecule has 0 fully saturated rings. The summed E-state index contributed by atoms with van der Waals surface area (Å²) in [6, 6.07) is 0. The first-order valence-corrected chi connectivity index (χ1v) is 4.14. The highest BCUT2D eigenvalue weighted by molar-refractivity contribution is 6.03. The maximum atomic E-state index is 5.68. The highest BCUT2D eigenvalue weighted by atomic mass is 15.0. The van der Waals surface area contributed by atoms with Crippen molar-refractivity contribution >= 4 is 11.5 Å². The molecule has 0 aliphatic heterocycles. The molecule has 0 amide bonds. The van der Waals surface area contributed by atoms with E-state index in [4.69, 9.17) is 5.73 Å². The summed E-state index contributed by atoms with van der Waals surface area (Å²) in [5, 5.41) is 0. The largest absolute Gasteiger partial charge is 0.383 e. The van der Waals surface area contributed by atoms with Crippen LogP contribution in [-0.2, 0) is 0 Å². The van der Waals surface area contributed by atoms with E-state index in [0.717, 1.165) is 11.4 Å². The van der Waals surface area contributed by atoms with E-state index in [1.807, 2.05) is 13.8 Å². The first-order chi connectivity index (χ1) is 6.16. The molecule has 0 unspecified atom stereocenters. The van der Waals surface area contributed by atoms with E-state index in [2.05, 4.69) is 21.5 Å². The molecular weight excluding hydrogens is 164 g/mol. The van der Waals surface area contributed by atoms with Crippen LogP contribution in [0.15, 0.2) is 24.1 Å². The number of nitrogens with one attached hydrogen (secondary N) is 1. The Morgan fingerprint density at radius 2 is 2.46 bits per heavy atom. The van der Waals surface area contributed by atoms with Crippen LogP contribution in [0.1, 0.15) is 19.5 Å². The summed E-state index contributed by atoms with van der Waals surface area (Å²) in [6.07, 6.45) is 3.06. The fourth-order valence-electron chi connectivity index (χ4n) is 1.09.